The second-order valence-corrected chi connectivity index (χ2v) is 4.37. The molecule has 0 saturated carbocycles. The standard InChI is InChI=1S/C12H22N2O/c1-10(7-8-13)12(15)14-9-11-5-3-2-4-6-11/h2-3,10-11H,4-9,13H2,1H3,(H,14,15). The molecule has 15 heavy (non-hydrogen) atoms. The van der Waals surface area contributed by atoms with E-state index in [1.54, 1.807) is 0 Å². The van der Waals surface area contributed by atoms with Crippen LogP contribution >= 0.6 is 0 Å². The smallest absolute Gasteiger partial charge is 0.222 e. The molecule has 2 unspecified atom stereocenters. The van der Waals surface area contributed by atoms with Gasteiger partial charge in [0.1, 0.15) is 0 Å². The van der Waals surface area contributed by atoms with E-state index in [1.807, 2.05) is 6.92 Å². The molecular formula is C12H22N2O. The molecule has 2 atom stereocenters. The van der Waals surface area contributed by atoms with E-state index in [9.17, 15) is 4.79 Å². The van der Waals surface area contributed by atoms with Crippen LogP contribution in [0, 0.1) is 11.8 Å². The van der Waals surface area contributed by atoms with Crippen LogP contribution in [0.3, 0.4) is 0 Å². The highest BCUT2D eigenvalue weighted by Crippen LogP contribution is 2.17. The van der Waals surface area contributed by atoms with E-state index in [-0.39, 0.29) is 11.8 Å². The first-order chi connectivity index (χ1) is 7.24. The van der Waals surface area contributed by atoms with Crippen molar-refractivity contribution in [3.05, 3.63) is 12.2 Å². The quantitative estimate of drug-likeness (QED) is 0.675. The van der Waals surface area contributed by atoms with Gasteiger partial charge in [-0.3, -0.25) is 4.79 Å². The molecule has 0 aromatic rings. The van der Waals surface area contributed by atoms with Crippen LogP contribution in [0.15, 0.2) is 12.2 Å². The van der Waals surface area contributed by atoms with Crippen molar-refractivity contribution in [1.82, 2.24) is 5.32 Å². The molecule has 3 N–H and O–H groups in total. The molecule has 0 saturated heterocycles. The average Bonchev–Trinajstić information content (AvgIpc) is 2.27. The van der Waals surface area contributed by atoms with Gasteiger partial charge in [0.15, 0.2) is 0 Å². The minimum Gasteiger partial charge on any atom is -0.356 e. The predicted octanol–water partition coefficient (Wildman–Crippen LogP) is 1.44. The lowest BCUT2D eigenvalue weighted by Crippen LogP contribution is -2.34. The maximum Gasteiger partial charge on any atom is 0.222 e. The minimum atomic E-state index is 0.0501. The molecule has 86 valence electrons. The van der Waals surface area contributed by atoms with Crippen LogP contribution in [0.2, 0.25) is 0 Å². The molecule has 1 amide bonds. The molecule has 0 spiro atoms. The number of nitrogens with two attached hydrogens (primary N) is 1. The van der Waals surface area contributed by atoms with E-state index in [2.05, 4.69) is 17.5 Å². The van der Waals surface area contributed by atoms with E-state index in [0.717, 1.165) is 25.8 Å². The van der Waals surface area contributed by atoms with E-state index in [4.69, 9.17) is 5.73 Å². The lowest BCUT2D eigenvalue weighted by Gasteiger charge is -2.19. The largest absolute Gasteiger partial charge is 0.356 e. The molecule has 1 rings (SSSR count). The highest BCUT2D eigenvalue weighted by Gasteiger charge is 2.14. The molecule has 1 aliphatic carbocycles. The molecule has 3 nitrogen and oxygen atoms in total. The molecule has 0 radical (unpaired) electrons. The van der Waals surface area contributed by atoms with Crippen LogP contribution in [0.4, 0.5) is 0 Å². The summed E-state index contributed by atoms with van der Waals surface area (Å²) in [6.45, 7) is 3.34. The third kappa shape index (κ3) is 4.47. The van der Waals surface area contributed by atoms with Gasteiger partial charge in [-0.15, -0.1) is 0 Å². The molecular weight excluding hydrogens is 188 g/mol. The van der Waals surface area contributed by atoms with E-state index < -0.39 is 0 Å². The molecule has 0 aromatic heterocycles. The first kappa shape index (κ1) is 12.2. The van der Waals surface area contributed by atoms with Crippen molar-refractivity contribution in [2.75, 3.05) is 13.1 Å². The number of hydrogen-bond donors (Lipinski definition) is 2. The first-order valence-corrected chi connectivity index (χ1v) is 5.86. The van der Waals surface area contributed by atoms with Crippen molar-refractivity contribution < 1.29 is 4.79 Å². The Hall–Kier alpha value is -0.830. The summed E-state index contributed by atoms with van der Waals surface area (Å²) >= 11 is 0. The molecule has 0 heterocycles. The van der Waals surface area contributed by atoms with E-state index >= 15 is 0 Å². The molecule has 0 bridgehead atoms. The summed E-state index contributed by atoms with van der Waals surface area (Å²) in [5.41, 5.74) is 5.42. The second-order valence-electron chi connectivity index (χ2n) is 4.37. The Morgan fingerprint density at radius 1 is 1.60 bits per heavy atom. The average molecular weight is 210 g/mol. The lowest BCUT2D eigenvalue weighted by molar-refractivity contribution is -0.124. The van der Waals surface area contributed by atoms with Crippen LogP contribution < -0.4 is 11.1 Å². The normalized spacial score (nSPS) is 22.4. The third-order valence-corrected chi connectivity index (χ3v) is 2.99. The fourth-order valence-electron chi connectivity index (χ4n) is 1.84. The maximum absolute atomic E-state index is 11.6. The Morgan fingerprint density at radius 3 is 3.00 bits per heavy atom. The van der Waals surface area contributed by atoms with Crippen molar-refractivity contribution in [1.29, 1.82) is 0 Å². The summed E-state index contributed by atoms with van der Waals surface area (Å²) in [5, 5.41) is 3.01. The van der Waals surface area contributed by atoms with Crippen molar-refractivity contribution in [2.24, 2.45) is 17.6 Å². The van der Waals surface area contributed by atoms with Crippen molar-refractivity contribution in [2.45, 2.75) is 32.6 Å². The van der Waals surface area contributed by atoms with Crippen LogP contribution in [-0.4, -0.2) is 19.0 Å². The highest BCUT2D eigenvalue weighted by atomic mass is 16.1. The predicted molar refractivity (Wildman–Crippen MR) is 62.3 cm³/mol. The fraction of sp³-hybridized carbons (Fsp3) is 0.750. The van der Waals surface area contributed by atoms with Gasteiger partial charge in [-0.2, -0.15) is 0 Å². The van der Waals surface area contributed by atoms with Gasteiger partial charge in [0.25, 0.3) is 0 Å². The zero-order valence-electron chi connectivity index (χ0n) is 9.54. The van der Waals surface area contributed by atoms with Crippen LogP contribution in [0.25, 0.3) is 0 Å². The van der Waals surface area contributed by atoms with Crippen LogP contribution in [0.5, 0.6) is 0 Å². The Morgan fingerprint density at radius 2 is 2.40 bits per heavy atom. The van der Waals surface area contributed by atoms with Gasteiger partial charge in [-0.25, -0.2) is 0 Å². The summed E-state index contributed by atoms with van der Waals surface area (Å²) in [5.74, 6) is 0.827. The highest BCUT2D eigenvalue weighted by molar-refractivity contribution is 5.78. The van der Waals surface area contributed by atoms with Gasteiger partial charge in [-0.1, -0.05) is 19.1 Å². The van der Waals surface area contributed by atoms with Crippen molar-refractivity contribution >= 4 is 5.91 Å². The molecule has 1 aliphatic rings. The van der Waals surface area contributed by atoms with Crippen LogP contribution in [-0.2, 0) is 4.79 Å². The topological polar surface area (TPSA) is 55.1 Å². The number of rotatable bonds is 5. The van der Waals surface area contributed by atoms with E-state index in [0.29, 0.717) is 12.5 Å². The Balaban J connectivity index is 2.18. The van der Waals surface area contributed by atoms with Crippen molar-refractivity contribution in [3.63, 3.8) is 0 Å². The van der Waals surface area contributed by atoms with Gasteiger partial charge in [0.2, 0.25) is 5.91 Å². The van der Waals surface area contributed by atoms with Crippen LogP contribution in [0.1, 0.15) is 32.6 Å². The minimum absolute atomic E-state index is 0.0501. The number of allylic oxidation sites excluding steroid dienone is 2. The SMILES string of the molecule is CC(CCN)C(=O)NCC1CC=CCC1. The Kier molecular flexibility index (Phi) is 5.40. The van der Waals surface area contributed by atoms with Gasteiger partial charge < -0.3 is 11.1 Å². The summed E-state index contributed by atoms with van der Waals surface area (Å²) in [4.78, 5) is 11.6. The summed E-state index contributed by atoms with van der Waals surface area (Å²) in [7, 11) is 0. The summed E-state index contributed by atoms with van der Waals surface area (Å²) in [6, 6.07) is 0. The lowest BCUT2D eigenvalue weighted by atomic mass is 9.94. The number of nitrogens with one attached hydrogen (secondary N) is 1. The molecule has 0 fully saturated rings. The zero-order valence-corrected chi connectivity index (χ0v) is 9.54. The van der Waals surface area contributed by atoms with E-state index in [1.165, 1.54) is 6.42 Å². The zero-order chi connectivity index (χ0) is 11.1. The Labute approximate surface area is 92.1 Å². The molecule has 0 aromatic carbocycles. The second kappa shape index (κ2) is 6.62. The summed E-state index contributed by atoms with van der Waals surface area (Å²) < 4.78 is 0. The number of amides is 1. The molecule has 3 heteroatoms. The number of carbonyl (C=O) groups excluding carboxylic acids is 1. The Bertz CT molecular complexity index is 226. The fourth-order valence-corrected chi connectivity index (χ4v) is 1.84. The monoisotopic (exact) mass is 210 g/mol. The van der Waals surface area contributed by atoms with Gasteiger partial charge in [-0.05, 0) is 38.1 Å². The number of hydrogen-bond acceptors (Lipinski definition) is 2. The summed E-state index contributed by atoms with van der Waals surface area (Å²) in [6.07, 6.45) is 8.65. The first-order valence-electron chi connectivity index (χ1n) is 5.86. The van der Waals surface area contributed by atoms with Gasteiger partial charge in [0.05, 0.1) is 0 Å². The molecule has 0 aliphatic heterocycles. The maximum atomic E-state index is 11.6. The third-order valence-electron chi connectivity index (χ3n) is 2.99. The van der Waals surface area contributed by atoms with Crippen molar-refractivity contribution in [3.8, 4) is 0 Å². The van der Waals surface area contributed by atoms with Gasteiger partial charge in [0, 0.05) is 12.5 Å². The van der Waals surface area contributed by atoms with Gasteiger partial charge >= 0.3 is 0 Å². The number of carbonyl (C=O) groups is 1.